The molecule has 0 amide bonds. The summed E-state index contributed by atoms with van der Waals surface area (Å²) in [7, 11) is 0. The van der Waals surface area contributed by atoms with E-state index in [0.29, 0.717) is 16.4 Å². The van der Waals surface area contributed by atoms with Gasteiger partial charge in [0.1, 0.15) is 16.7 Å². The largest absolute Gasteiger partial charge is 0.321 e. The highest BCUT2D eigenvalue weighted by Crippen LogP contribution is 2.44. The van der Waals surface area contributed by atoms with Crippen LogP contribution in [0.1, 0.15) is 30.4 Å². The van der Waals surface area contributed by atoms with E-state index in [1.807, 2.05) is 19.1 Å². The first-order valence-corrected chi connectivity index (χ1v) is 11.6. The van der Waals surface area contributed by atoms with E-state index in [4.69, 9.17) is 23.2 Å². The third kappa shape index (κ3) is 4.30. The first-order chi connectivity index (χ1) is 11.4. The number of nitrogens with zero attached hydrogens (tertiary/aromatic N) is 2. The first kappa shape index (κ1) is 20.5. The second-order valence-electron chi connectivity index (χ2n) is 7.04. The second-order valence-corrected chi connectivity index (χ2v) is 12.2. The van der Waals surface area contributed by atoms with Crippen molar-refractivity contribution >= 4 is 36.4 Å². The third-order valence-electron chi connectivity index (χ3n) is 4.58. The summed E-state index contributed by atoms with van der Waals surface area (Å²) in [6.45, 7) is 5.94. The van der Waals surface area contributed by atoms with Crippen molar-refractivity contribution in [2.45, 2.75) is 39.4 Å². The average molecular weight is 407 g/mol. The van der Waals surface area contributed by atoms with Gasteiger partial charge < -0.3 is 0 Å². The molecule has 0 saturated heterocycles. The van der Waals surface area contributed by atoms with Crippen LogP contribution >= 0.6 is 30.1 Å². The van der Waals surface area contributed by atoms with E-state index in [-0.39, 0.29) is 11.0 Å². The van der Waals surface area contributed by atoms with Crippen LogP contribution in [0, 0.1) is 13.8 Å². The van der Waals surface area contributed by atoms with Crippen molar-refractivity contribution < 1.29 is 8.78 Å². The number of benzene rings is 1. The van der Waals surface area contributed by atoms with Crippen LogP contribution in [0.15, 0.2) is 12.1 Å². The molecule has 1 heterocycles. The van der Waals surface area contributed by atoms with Crippen molar-refractivity contribution in [3.63, 3.8) is 0 Å². The molecule has 0 N–H and O–H groups in total. The lowest BCUT2D eigenvalue weighted by atomic mass is 10.00. The summed E-state index contributed by atoms with van der Waals surface area (Å²) in [5, 5.41) is 0.615. The van der Waals surface area contributed by atoms with Gasteiger partial charge in [0.25, 0.3) is 0 Å². The molecule has 0 aliphatic heterocycles. The molecule has 0 bridgehead atoms. The maximum absolute atomic E-state index is 13.2. The zero-order valence-electron chi connectivity index (χ0n) is 15.1. The molecule has 0 fully saturated rings. The molecule has 25 heavy (non-hydrogen) atoms. The van der Waals surface area contributed by atoms with Gasteiger partial charge in [-0.05, 0) is 62.5 Å². The zero-order chi connectivity index (χ0) is 19.1. The van der Waals surface area contributed by atoms with Gasteiger partial charge in [-0.1, -0.05) is 30.1 Å². The molecule has 7 heteroatoms. The standard InChI is InChI=1S/C18H23Cl2F2N2P/c1-10-7-15(19)13(8-11(2)25(4,5)6)9-14(10)16-17(20)24(18(21)22)12(3)23-16/h7,9,11,18H,4,8H2,1-3,5-6H3. The van der Waals surface area contributed by atoms with Crippen molar-refractivity contribution in [2.75, 3.05) is 13.3 Å². The Balaban J connectivity index is 2.55. The molecule has 1 atom stereocenters. The van der Waals surface area contributed by atoms with Crippen molar-refractivity contribution in [1.82, 2.24) is 9.55 Å². The Hall–Kier alpha value is -0.830. The van der Waals surface area contributed by atoms with Crippen LogP contribution in [0.5, 0.6) is 0 Å². The topological polar surface area (TPSA) is 17.8 Å². The number of aromatic nitrogens is 2. The molecule has 0 saturated carbocycles. The number of halogens is 4. The van der Waals surface area contributed by atoms with Crippen LogP contribution in [0.2, 0.25) is 10.2 Å². The van der Waals surface area contributed by atoms with Crippen LogP contribution < -0.4 is 0 Å². The normalized spacial score (nSPS) is 13.5. The van der Waals surface area contributed by atoms with Gasteiger partial charge in [0.2, 0.25) is 0 Å². The molecule has 0 aliphatic carbocycles. The lowest BCUT2D eigenvalue weighted by Gasteiger charge is -2.23. The van der Waals surface area contributed by atoms with E-state index in [2.05, 4.69) is 31.5 Å². The molecule has 138 valence electrons. The number of imidazole rings is 1. The molecule has 0 aliphatic rings. The smallest absolute Gasteiger partial charge is 0.260 e. The molecular formula is C18H23Cl2F2N2P. The summed E-state index contributed by atoms with van der Waals surface area (Å²) in [6, 6.07) is 3.77. The summed E-state index contributed by atoms with van der Waals surface area (Å²) in [6.07, 6.45) is 5.07. The van der Waals surface area contributed by atoms with E-state index >= 15 is 0 Å². The van der Waals surface area contributed by atoms with Crippen LogP contribution in [0.4, 0.5) is 8.78 Å². The van der Waals surface area contributed by atoms with Crippen LogP contribution in [-0.2, 0) is 6.42 Å². The molecule has 1 aromatic carbocycles. The van der Waals surface area contributed by atoms with Gasteiger partial charge in [0, 0.05) is 10.6 Å². The monoisotopic (exact) mass is 406 g/mol. The SMILES string of the molecule is C=P(C)(C)C(C)Cc1cc(-c2nc(C)n(C(F)F)c2Cl)c(C)cc1Cl. The summed E-state index contributed by atoms with van der Waals surface area (Å²) in [4.78, 5) is 4.26. The Morgan fingerprint density at radius 1 is 1.24 bits per heavy atom. The molecule has 0 radical (unpaired) electrons. The van der Waals surface area contributed by atoms with Gasteiger partial charge in [-0.2, -0.15) is 8.78 Å². The minimum atomic E-state index is -2.72. The predicted molar refractivity (Wildman–Crippen MR) is 107 cm³/mol. The van der Waals surface area contributed by atoms with Gasteiger partial charge in [0.05, 0.1) is 0 Å². The van der Waals surface area contributed by atoms with E-state index < -0.39 is 13.4 Å². The van der Waals surface area contributed by atoms with E-state index in [9.17, 15) is 8.78 Å². The summed E-state index contributed by atoms with van der Waals surface area (Å²) in [5.41, 5.74) is 3.32. The summed E-state index contributed by atoms with van der Waals surface area (Å²) in [5.74, 6) is 0.184. The molecule has 2 nitrogen and oxygen atoms in total. The maximum atomic E-state index is 13.2. The van der Waals surface area contributed by atoms with Gasteiger partial charge in [-0.15, -0.1) is 13.2 Å². The lowest BCUT2D eigenvalue weighted by molar-refractivity contribution is 0.0683. The number of aryl methyl sites for hydroxylation is 2. The van der Waals surface area contributed by atoms with Crippen molar-refractivity contribution in [2.24, 2.45) is 0 Å². The average Bonchev–Trinajstić information content (AvgIpc) is 2.75. The Morgan fingerprint density at radius 3 is 2.32 bits per heavy atom. The number of alkyl halides is 2. The Bertz CT molecular complexity index is 840. The first-order valence-electron chi connectivity index (χ1n) is 7.93. The fourth-order valence-corrected chi connectivity index (χ4v) is 3.94. The number of hydrogen-bond acceptors (Lipinski definition) is 1. The summed E-state index contributed by atoms with van der Waals surface area (Å²) >= 11 is 12.6. The van der Waals surface area contributed by atoms with Crippen molar-refractivity contribution in [1.29, 1.82) is 0 Å². The minimum Gasteiger partial charge on any atom is -0.260 e. The molecule has 2 rings (SSSR count). The molecular weight excluding hydrogens is 384 g/mol. The van der Waals surface area contributed by atoms with E-state index in [1.165, 1.54) is 6.92 Å². The quantitative estimate of drug-likeness (QED) is 0.517. The Morgan fingerprint density at radius 2 is 1.84 bits per heavy atom. The molecule has 0 spiro atoms. The van der Waals surface area contributed by atoms with Gasteiger partial charge in [-0.25, -0.2) is 4.98 Å². The van der Waals surface area contributed by atoms with Crippen LogP contribution in [-0.4, -0.2) is 34.8 Å². The maximum Gasteiger partial charge on any atom is 0.321 e. The second kappa shape index (κ2) is 7.42. The highest BCUT2D eigenvalue weighted by atomic mass is 35.5. The van der Waals surface area contributed by atoms with E-state index in [0.717, 1.165) is 27.7 Å². The van der Waals surface area contributed by atoms with E-state index in [1.54, 1.807) is 0 Å². The van der Waals surface area contributed by atoms with Crippen LogP contribution in [0.25, 0.3) is 11.3 Å². The fraction of sp³-hybridized carbons (Fsp3) is 0.444. The van der Waals surface area contributed by atoms with Crippen molar-refractivity contribution in [3.05, 3.63) is 39.3 Å². The molecule has 1 unspecified atom stereocenters. The van der Waals surface area contributed by atoms with Crippen molar-refractivity contribution in [3.8, 4) is 11.3 Å². The van der Waals surface area contributed by atoms with Gasteiger partial charge in [-0.3, -0.25) is 4.57 Å². The fourth-order valence-electron chi connectivity index (χ4n) is 2.61. The highest BCUT2D eigenvalue weighted by molar-refractivity contribution is 7.72. The zero-order valence-corrected chi connectivity index (χ0v) is 17.5. The molecule has 1 aromatic heterocycles. The molecule has 2 aromatic rings. The number of hydrogen-bond donors (Lipinski definition) is 0. The van der Waals surface area contributed by atoms with Gasteiger partial charge >= 0.3 is 6.55 Å². The lowest BCUT2D eigenvalue weighted by Crippen LogP contribution is -2.07. The summed E-state index contributed by atoms with van der Waals surface area (Å²) < 4.78 is 27.1. The Labute approximate surface area is 158 Å². The Kier molecular flexibility index (Phi) is 6.08. The number of rotatable bonds is 5. The van der Waals surface area contributed by atoms with Crippen LogP contribution in [0.3, 0.4) is 0 Å². The minimum absolute atomic E-state index is 0.0538. The highest BCUT2D eigenvalue weighted by Gasteiger charge is 2.22. The van der Waals surface area contributed by atoms with Gasteiger partial charge in [0.15, 0.2) is 0 Å². The third-order valence-corrected chi connectivity index (χ3v) is 7.86. The predicted octanol–water partition coefficient (Wildman–Crippen LogP) is 6.51.